The van der Waals surface area contributed by atoms with Crippen LogP contribution in [-0.4, -0.2) is 17.0 Å². The van der Waals surface area contributed by atoms with Crippen LogP contribution in [0.4, 0.5) is 0 Å². The molecule has 0 spiro atoms. The lowest BCUT2D eigenvalue weighted by Gasteiger charge is -2.54. The van der Waals surface area contributed by atoms with E-state index in [0.717, 1.165) is 25.7 Å². The number of Topliss-reactive ketones (excluding diaryl/α,β-unsaturated/α-hetero) is 1. The number of rotatable bonds is 4. The molecule has 0 aromatic carbocycles. The van der Waals surface area contributed by atoms with Crippen LogP contribution in [0.3, 0.4) is 0 Å². The number of aliphatic hydroxyl groups excluding tert-OH is 1. The predicted octanol–water partition coefficient (Wildman–Crippen LogP) is 6.73. The summed E-state index contributed by atoms with van der Waals surface area (Å²) in [5, 5.41) is 10.2. The van der Waals surface area contributed by atoms with Crippen molar-refractivity contribution >= 4 is 5.78 Å². The number of aliphatic hydroxyl groups is 1. The molecule has 0 bridgehead atoms. The van der Waals surface area contributed by atoms with E-state index in [1.165, 1.54) is 30.4 Å². The third-order valence-electron chi connectivity index (χ3n) is 10.3. The Hall–Kier alpha value is -0.890. The van der Waals surface area contributed by atoms with Crippen LogP contribution in [0.2, 0.25) is 0 Å². The number of allylic oxidation sites excluding steroid dienone is 4. The molecule has 4 aliphatic rings. The van der Waals surface area contributed by atoms with Crippen LogP contribution in [0.25, 0.3) is 0 Å². The molecule has 0 saturated heterocycles. The zero-order valence-corrected chi connectivity index (χ0v) is 20.2. The number of ketones is 1. The Morgan fingerprint density at radius 2 is 1.77 bits per heavy atom. The van der Waals surface area contributed by atoms with E-state index in [0.29, 0.717) is 47.7 Å². The Balaban J connectivity index is 1.62. The molecule has 4 rings (SSSR count). The second-order valence-corrected chi connectivity index (χ2v) is 12.2. The maximum absolute atomic E-state index is 13.4. The molecule has 0 aromatic rings. The standard InChI is InChI=1S/C28H44O2/c1-17(2)18(3)7-8-19(4)22-9-10-23-26-24(12-14-28(22,23)6)27(5)13-11-21(29)15-20(27)16-25(26)30/h7-8,17-23,29H,9-16H2,1-6H3/b8-7+/t18-,19+,20+,21-,22-,23+,27+,28+/m0/s1. The summed E-state index contributed by atoms with van der Waals surface area (Å²) >= 11 is 0. The molecule has 4 aliphatic carbocycles. The van der Waals surface area contributed by atoms with Crippen LogP contribution in [0.15, 0.2) is 23.3 Å². The van der Waals surface area contributed by atoms with Crippen molar-refractivity contribution in [3.8, 4) is 0 Å². The molecule has 168 valence electrons. The molecule has 0 heterocycles. The van der Waals surface area contributed by atoms with E-state index in [-0.39, 0.29) is 16.9 Å². The van der Waals surface area contributed by atoms with Crippen LogP contribution in [0.1, 0.15) is 92.9 Å². The predicted molar refractivity (Wildman–Crippen MR) is 124 cm³/mol. The Labute approximate surface area is 184 Å². The van der Waals surface area contributed by atoms with Crippen LogP contribution in [0.5, 0.6) is 0 Å². The Kier molecular flexibility index (Phi) is 5.88. The van der Waals surface area contributed by atoms with Gasteiger partial charge in [0.05, 0.1) is 6.10 Å². The van der Waals surface area contributed by atoms with Gasteiger partial charge < -0.3 is 5.11 Å². The highest BCUT2D eigenvalue weighted by Gasteiger charge is 2.57. The van der Waals surface area contributed by atoms with Gasteiger partial charge in [-0.05, 0) is 96.9 Å². The van der Waals surface area contributed by atoms with E-state index < -0.39 is 0 Å². The van der Waals surface area contributed by atoms with Gasteiger partial charge in [0, 0.05) is 6.42 Å². The van der Waals surface area contributed by atoms with Crippen molar-refractivity contribution in [2.75, 3.05) is 0 Å². The van der Waals surface area contributed by atoms with Crippen molar-refractivity contribution in [3.63, 3.8) is 0 Å². The fourth-order valence-corrected chi connectivity index (χ4v) is 7.78. The van der Waals surface area contributed by atoms with Gasteiger partial charge in [-0.3, -0.25) is 4.79 Å². The van der Waals surface area contributed by atoms with Gasteiger partial charge in [-0.1, -0.05) is 59.3 Å². The van der Waals surface area contributed by atoms with Gasteiger partial charge in [-0.25, -0.2) is 0 Å². The second-order valence-electron chi connectivity index (χ2n) is 12.2. The summed E-state index contributed by atoms with van der Waals surface area (Å²) in [6.07, 6.45) is 12.9. The number of carbonyl (C=O) groups is 1. The molecule has 0 aliphatic heterocycles. The molecule has 1 N–H and O–H groups in total. The Bertz CT molecular complexity index is 746. The molecule has 30 heavy (non-hydrogen) atoms. The third kappa shape index (κ3) is 3.46. The van der Waals surface area contributed by atoms with Crippen LogP contribution < -0.4 is 0 Å². The number of carbonyl (C=O) groups excluding carboxylic acids is 1. The van der Waals surface area contributed by atoms with Crippen molar-refractivity contribution in [1.82, 2.24) is 0 Å². The van der Waals surface area contributed by atoms with Crippen molar-refractivity contribution in [2.24, 2.45) is 46.3 Å². The summed E-state index contributed by atoms with van der Waals surface area (Å²) in [7, 11) is 0. The van der Waals surface area contributed by atoms with E-state index in [4.69, 9.17) is 0 Å². The smallest absolute Gasteiger partial charge is 0.159 e. The van der Waals surface area contributed by atoms with Gasteiger partial charge in [-0.15, -0.1) is 0 Å². The normalized spacial score (nSPS) is 43.5. The van der Waals surface area contributed by atoms with E-state index in [1.807, 2.05) is 0 Å². The summed E-state index contributed by atoms with van der Waals surface area (Å²) in [6, 6.07) is 0. The largest absolute Gasteiger partial charge is 0.393 e. The monoisotopic (exact) mass is 412 g/mol. The molecule has 0 radical (unpaired) electrons. The Morgan fingerprint density at radius 3 is 2.47 bits per heavy atom. The van der Waals surface area contributed by atoms with Crippen LogP contribution in [0, 0.1) is 46.3 Å². The van der Waals surface area contributed by atoms with Gasteiger partial charge in [0.1, 0.15) is 0 Å². The minimum Gasteiger partial charge on any atom is -0.393 e. The van der Waals surface area contributed by atoms with E-state index >= 15 is 0 Å². The number of hydrogen-bond donors (Lipinski definition) is 1. The van der Waals surface area contributed by atoms with Crippen molar-refractivity contribution < 1.29 is 9.90 Å². The fraction of sp³-hybridized carbons (Fsp3) is 0.821. The first kappa shape index (κ1) is 22.3. The second kappa shape index (κ2) is 7.91. The molecular weight excluding hydrogens is 368 g/mol. The molecule has 0 amide bonds. The molecule has 2 nitrogen and oxygen atoms in total. The average Bonchev–Trinajstić information content (AvgIpc) is 3.04. The fourth-order valence-electron chi connectivity index (χ4n) is 7.78. The highest BCUT2D eigenvalue weighted by atomic mass is 16.3. The van der Waals surface area contributed by atoms with Crippen LogP contribution >= 0.6 is 0 Å². The highest BCUT2D eigenvalue weighted by Crippen LogP contribution is 2.65. The summed E-state index contributed by atoms with van der Waals surface area (Å²) in [5.74, 6) is 3.81. The Morgan fingerprint density at radius 1 is 1.03 bits per heavy atom. The van der Waals surface area contributed by atoms with Crippen molar-refractivity contribution in [1.29, 1.82) is 0 Å². The first-order chi connectivity index (χ1) is 14.1. The summed E-state index contributed by atoms with van der Waals surface area (Å²) in [4.78, 5) is 13.4. The van der Waals surface area contributed by atoms with Gasteiger partial charge >= 0.3 is 0 Å². The zero-order chi connectivity index (χ0) is 21.8. The minimum atomic E-state index is -0.205. The quantitative estimate of drug-likeness (QED) is 0.520. The first-order valence-corrected chi connectivity index (χ1v) is 12.7. The molecular formula is C28H44O2. The topological polar surface area (TPSA) is 37.3 Å². The van der Waals surface area contributed by atoms with E-state index in [9.17, 15) is 9.90 Å². The zero-order valence-electron chi connectivity index (χ0n) is 20.2. The molecule has 0 aromatic heterocycles. The molecule has 2 fully saturated rings. The summed E-state index contributed by atoms with van der Waals surface area (Å²) in [5.41, 5.74) is 3.18. The van der Waals surface area contributed by atoms with E-state index in [2.05, 4.69) is 53.7 Å². The lowest BCUT2D eigenvalue weighted by molar-refractivity contribution is -0.121. The maximum Gasteiger partial charge on any atom is 0.159 e. The third-order valence-corrected chi connectivity index (χ3v) is 10.3. The van der Waals surface area contributed by atoms with Crippen molar-refractivity contribution in [3.05, 3.63) is 23.3 Å². The molecule has 8 atom stereocenters. The number of fused-ring (bicyclic) bond motifs is 4. The maximum atomic E-state index is 13.4. The van der Waals surface area contributed by atoms with Gasteiger partial charge in [0.25, 0.3) is 0 Å². The van der Waals surface area contributed by atoms with Gasteiger partial charge in [-0.2, -0.15) is 0 Å². The lowest BCUT2D eigenvalue weighted by Crippen LogP contribution is -2.48. The minimum absolute atomic E-state index is 0.153. The van der Waals surface area contributed by atoms with Gasteiger partial charge in [0.15, 0.2) is 5.78 Å². The average molecular weight is 413 g/mol. The molecule has 0 unspecified atom stereocenters. The lowest BCUT2D eigenvalue weighted by atomic mass is 9.50. The SMILES string of the molecule is CC(C)[C@@H](C)/C=C/[C@@H](C)[C@@H]1CC[C@@H]2C3=C(CC[C@@]21C)[C@]1(C)CC[C@H](O)C[C@@H]1CC3=O. The molecule has 2 saturated carbocycles. The first-order valence-electron chi connectivity index (χ1n) is 12.7. The number of hydrogen-bond acceptors (Lipinski definition) is 2. The summed E-state index contributed by atoms with van der Waals surface area (Å²) < 4.78 is 0. The van der Waals surface area contributed by atoms with Crippen LogP contribution in [-0.2, 0) is 4.79 Å². The van der Waals surface area contributed by atoms with Gasteiger partial charge in [0.2, 0.25) is 0 Å². The molecule has 2 heteroatoms. The van der Waals surface area contributed by atoms with E-state index in [1.54, 1.807) is 0 Å². The van der Waals surface area contributed by atoms with Crippen molar-refractivity contribution in [2.45, 2.75) is 99.0 Å². The summed E-state index contributed by atoms with van der Waals surface area (Å²) in [6.45, 7) is 14.3. The highest BCUT2D eigenvalue weighted by molar-refractivity contribution is 5.98.